The van der Waals surface area contributed by atoms with Gasteiger partial charge in [0.05, 0.1) is 23.4 Å². The van der Waals surface area contributed by atoms with Crippen molar-refractivity contribution in [3.63, 3.8) is 0 Å². The Hall–Kier alpha value is -5.35. The van der Waals surface area contributed by atoms with E-state index in [9.17, 15) is 14.7 Å². The fourth-order valence-corrected chi connectivity index (χ4v) is 5.09. The van der Waals surface area contributed by atoms with Gasteiger partial charge in [-0.2, -0.15) is 0 Å². The monoisotopic (exact) mass is 546 g/mol. The lowest BCUT2D eigenvalue weighted by molar-refractivity contribution is -0.115. The molecule has 3 aromatic carbocycles. The summed E-state index contributed by atoms with van der Waals surface area (Å²) < 4.78 is 1.97. The first-order valence-electron chi connectivity index (χ1n) is 12.4. The maximum Gasteiger partial charge on any atom is 0.335 e. The minimum atomic E-state index is -1.01. The molecule has 0 spiro atoms. The number of carboxylic acids is 1. The highest BCUT2D eigenvalue weighted by Crippen LogP contribution is 2.34. The predicted molar refractivity (Wildman–Crippen MR) is 155 cm³/mol. The summed E-state index contributed by atoms with van der Waals surface area (Å²) in [4.78, 5) is 38.8. The zero-order valence-electron chi connectivity index (χ0n) is 21.0. The number of rotatable bonds is 8. The summed E-state index contributed by atoms with van der Waals surface area (Å²) in [7, 11) is 0. The van der Waals surface area contributed by atoms with Crippen molar-refractivity contribution < 1.29 is 14.7 Å². The molecule has 3 N–H and O–H groups in total. The summed E-state index contributed by atoms with van der Waals surface area (Å²) in [5.41, 5.74) is 5.27. The average molecular weight is 547 g/mol. The molecule has 40 heavy (non-hydrogen) atoms. The lowest BCUT2D eigenvalue weighted by Gasteiger charge is -2.10. The lowest BCUT2D eigenvalue weighted by atomic mass is 10.1. The number of anilines is 3. The highest BCUT2D eigenvalue weighted by Gasteiger charge is 2.19. The van der Waals surface area contributed by atoms with Crippen LogP contribution >= 0.6 is 11.3 Å². The van der Waals surface area contributed by atoms with E-state index in [1.807, 2.05) is 70.6 Å². The van der Waals surface area contributed by atoms with Gasteiger partial charge in [-0.1, -0.05) is 48.5 Å². The molecule has 6 rings (SSSR count). The van der Waals surface area contributed by atoms with E-state index in [-0.39, 0.29) is 17.9 Å². The van der Waals surface area contributed by atoms with E-state index in [1.165, 1.54) is 23.5 Å². The van der Waals surface area contributed by atoms with Gasteiger partial charge in [0.2, 0.25) is 11.9 Å². The largest absolute Gasteiger partial charge is 0.478 e. The highest BCUT2D eigenvalue weighted by atomic mass is 32.1. The van der Waals surface area contributed by atoms with Gasteiger partial charge < -0.3 is 15.7 Å². The van der Waals surface area contributed by atoms with Crippen LogP contribution in [0.5, 0.6) is 0 Å². The molecular formula is C30H22N6O3S. The van der Waals surface area contributed by atoms with E-state index in [2.05, 4.69) is 15.6 Å². The number of amides is 1. The number of hydrogen-bond acceptors (Lipinski definition) is 7. The zero-order valence-corrected chi connectivity index (χ0v) is 21.8. The molecule has 0 saturated carbocycles. The van der Waals surface area contributed by atoms with Crippen molar-refractivity contribution in [1.29, 1.82) is 0 Å². The third kappa shape index (κ3) is 5.29. The Morgan fingerprint density at radius 3 is 2.58 bits per heavy atom. The number of nitrogens with one attached hydrogen (secondary N) is 2. The summed E-state index contributed by atoms with van der Waals surface area (Å²) in [6.07, 6.45) is 3.85. The van der Waals surface area contributed by atoms with E-state index in [4.69, 9.17) is 9.97 Å². The molecular weight excluding hydrogens is 524 g/mol. The molecule has 1 amide bonds. The molecule has 3 aromatic heterocycles. The number of thiazole rings is 1. The third-order valence-electron chi connectivity index (χ3n) is 6.15. The Balaban J connectivity index is 1.32. The van der Waals surface area contributed by atoms with Crippen molar-refractivity contribution in [1.82, 2.24) is 19.4 Å². The van der Waals surface area contributed by atoms with Gasteiger partial charge in [-0.15, -0.1) is 11.3 Å². The first-order valence-corrected chi connectivity index (χ1v) is 13.2. The number of carbonyl (C=O) groups excluding carboxylic acids is 1. The van der Waals surface area contributed by atoms with E-state index in [1.54, 1.807) is 24.4 Å². The number of fused-ring (bicyclic) bond motifs is 1. The molecule has 3 heterocycles. The molecule has 0 fully saturated rings. The summed E-state index contributed by atoms with van der Waals surface area (Å²) >= 11 is 1.51. The Labute approximate surface area is 232 Å². The first-order chi connectivity index (χ1) is 19.5. The molecule has 6 aromatic rings. The normalized spacial score (nSPS) is 10.9. The fraction of sp³-hybridized carbons (Fsp3) is 0.0333. The van der Waals surface area contributed by atoms with Gasteiger partial charge in [-0.25, -0.2) is 19.7 Å². The van der Waals surface area contributed by atoms with Gasteiger partial charge in [0.25, 0.3) is 0 Å². The summed E-state index contributed by atoms with van der Waals surface area (Å²) in [5, 5.41) is 17.3. The van der Waals surface area contributed by atoms with E-state index >= 15 is 0 Å². The number of aromatic nitrogens is 4. The zero-order chi connectivity index (χ0) is 27.5. The van der Waals surface area contributed by atoms with Crippen molar-refractivity contribution in [3.05, 3.63) is 114 Å². The van der Waals surface area contributed by atoms with Crippen molar-refractivity contribution in [2.45, 2.75) is 6.42 Å². The number of imidazole rings is 1. The number of nitrogens with zero attached hydrogens (tertiary/aromatic N) is 4. The molecule has 0 aliphatic carbocycles. The average Bonchev–Trinajstić information content (AvgIpc) is 3.56. The van der Waals surface area contributed by atoms with Gasteiger partial charge in [0.15, 0.2) is 4.96 Å². The molecule has 0 bridgehead atoms. The Bertz CT molecular complexity index is 1850. The van der Waals surface area contributed by atoms with Crippen LogP contribution in [0.1, 0.15) is 15.9 Å². The molecule has 0 radical (unpaired) electrons. The highest BCUT2D eigenvalue weighted by molar-refractivity contribution is 7.15. The summed E-state index contributed by atoms with van der Waals surface area (Å²) in [6.45, 7) is 0. The second-order valence-electron chi connectivity index (χ2n) is 8.93. The fourth-order valence-electron chi connectivity index (χ4n) is 4.37. The van der Waals surface area contributed by atoms with E-state index < -0.39 is 5.97 Å². The van der Waals surface area contributed by atoms with Crippen molar-refractivity contribution in [3.8, 4) is 22.6 Å². The molecule has 0 aliphatic heterocycles. The minimum Gasteiger partial charge on any atom is -0.478 e. The first kappa shape index (κ1) is 25.0. The van der Waals surface area contributed by atoms with Crippen LogP contribution in [0.25, 0.3) is 27.6 Å². The lowest BCUT2D eigenvalue weighted by Crippen LogP contribution is -2.14. The third-order valence-corrected chi connectivity index (χ3v) is 6.91. The number of aromatic carboxylic acids is 1. The van der Waals surface area contributed by atoms with Crippen LogP contribution in [0.15, 0.2) is 103 Å². The van der Waals surface area contributed by atoms with Gasteiger partial charge >= 0.3 is 5.97 Å². The van der Waals surface area contributed by atoms with Crippen LogP contribution in [-0.2, 0) is 11.2 Å². The van der Waals surface area contributed by atoms with Crippen LogP contribution < -0.4 is 10.6 Å². The van der Waals surface area contributed by atoms with Crippen LogP contribution in [0.2, 0.25) is 0 Å². The SMILES string of the molecule is O=C(Cc1ccccc1)Nc1cccc(-c2nc3sccn3c2-c2ccnc(Nc3cccc(C(=O)O)c3)n2)c1. The smallest absolute Gasteiger partial charge is 0.335 e. The number of hydrogen-bond donors (Lipinski definition) is 3. The predicted octanol–water partition coefficient (Wildman–Crippen LogP) is 6.14. The molecule has 196 valence electrons. The second-order valence-corrected chi connectivity index (χ2v) is 9.81. The maximum absolute atomic E-state index is 12.7. The topological polar surface area (TPSA) is 122 Å². The Morgan fingerprint density at radius 2 is 1.73 bits per heavy atom. The van der Waals surface area contributed by atoms with E-state index in [0.29, 0.717) is 28.7 Å². The maximum atomic E-state index is 12.7. The standard InChI is InChI=1S/C30H22N6O3S/c37-25(16-19-6-2-1-3-7-19)32-22-10-4-8-20(17-22)26-27(36-14-15-40-30(36)35-26)24-12-13-31-29(34-24)33-23-11-5-9-21(18-23)28(38)39/h1-15,17-18H,16H2,(H,32,37)(H,38,39)(H,31,33,34). The van der Waals surface area contributed by atoms with Crippen molar-refractivity contribution >= 4 is 45.5 Å². The van der Waals surface area contributed by atoms with Crippen LogP contribution in [0.4, 0.5) is 17.3 Å². The second kappa shape index (κ2) is 10.8. The van der Waals surface area contributed by atoms with Crippen molar-refractivity contribution in [2.75, 3.05) is 10.6 Å². The Morgan fingerprint density at radius 1 is 0.900 bits per heavy atom. The van der Waals surface area contributed by atoms with Crippen LogP contribution in [0.3, 0.4) is 0 Å². The van der Waals surface area contributed by atoms with E-state index in [0.717, 1.165) is 21.8 Å². The molecule has 0 saturated heterocycles. The molecule has 0 aliphatic rings. The molecule has 9 nitrogen and oxygen atoms in total. The molecule has 0 unspecified atom stereocenters. The van der Waals surface area contributed by atoms with Gasteiger partial charge in [-0.05, 0) is 42.0 Å². The number of carbonyl (C=O) groups is 2. The van der Waals surface area contributed by atoms with Gasteiger partial charge in [-0.3, -0.25) is 9.20 Å². The van der Waals surface area contributed by atoms with Gasteiger partial charge in [0, 0.05) is 34.7 Å². The minimum absolute atomic E-state index is 0.104. The van der Waals surface area contributed by atoms with Crippen LogP contribution in [-0.4, -0.2) is 36.3 Å². The number of carboxylic acid groups (broad SMARTS) is 1. The number of benzene rings is 3. The molecule has 10 heteroatoms. The molecule has 0 atom stereocenters. The van der Waals surface area contributed by atoms with Gasteiger partial charge in [0.1, 0.15) is 5.69 Å². The summed E-state index contributed by atoms with van der Waals surface area (Å²) in [5.74, 6) is -0.800. The van der Waals surface area contributed by atoms with Crippen molar-refractivity contribution in [2.24, 2.45) is 0 Å². The Kier molecular flexibility index (Phi) is 6.73. The summed E-state index contributed by atoms with van der Waals surface area (Å²) in [6, 6.07) is 25.4. The van der Waals surface area contributed by atoms with Crippen LogP contribution in [0, 0.1) is 0 Å². The quantitative estimate of drug-likeness (QED) is 0.210.